The Labute approximate surface area is 126 Å². The number of aromatic nitrogens is 2. The highest BCUT2D eigenvalue weighted by atomic mass is 79.9. The summed E-state index contributed by atoms with van der Waals surface area (Å²) in [7, 11) is 0. The second-order valence-electron chi connectivity index (χ2n) is 5.33. The third-order valence-corrected chi connectivity index (χ3v) is 4.05. The van der Waals surface area contributed by atoms with E-state index >= 15 is 0 Å². The van der Waals surface area contributed by atoms with E-state index in [2.05, 4.69) is 26.3 Å². The van der Waals surface area contributed by atoms with E-state index < -0.39 is 0 Å². The number of benzene rings is 1. The maximum absolute atomic E-state index is 13.8. The number of rotatable bonds is 5. The van der Waals surface area contributed by atoms with Gasteiger partial charge in [-0.2, -0.15) is 5.10 Å². The molecule has 1 N–H and O–H groups in total. The normalized spacial score (nSPS) is 14.8. The molecule has 3 rings (SSSR count). The Morgan fingerprint density at radius 3 is 2.90 bits per heavy atom. The van der Waals surface area contributed by atoms with Gasteiger partial charge in [-0.15, -0.1) is 0 Å². The molecule has 0 aliphatic heterocycles. The first-order valence-electron chi connectivity index (χ1n) is 6.82. The topological polar surface area (TPSA) is 29.9 Å². The SMILES string of the molecule is Cc1nn(Cc2ccc(Br)cc2F)cc1CNC1CC1. The van der Waals surface area contributed by atoms with E-state index in [9.17, 15) is 4.39 Å². The Kier molecular flexibility index (Phi) is 3.89. The van der Waals surface area contributed by atoms with E-state index in [0.717, 1.165) is 16.7 Å². The molecule has 1 aromatic carbocycles. The molecule has 0 bridgehead atoms. The molecule has 1 aliphatic carbocycles. The maximum atomic E-state index is 13.8. The Bertz CT molecular complexity index is 620. The van der Waals surface area contributed by atoms with Gasteiger partial charge in [-0.1, -0.05) is 22.0 Å². The van der Waals surface area contributed by atoms with Crippen molar-refractivity contribution >= 4 is 15.9 Å². The molecule has 1 saturated carbocycles. The highest BCUT2D eigenvalue weighted by molar-refractivity contribution is 9.10. The zero-order chi connectivity index (χ0) is 14.1. The van der Waals surface area contributed by atoms with E-state index in [0.29, 0.717) is 18.2 Å². The molecule has 3 nitrogen and oxygen atoms in total. The molecular weight excluding hydrogens is 321 g/mol. The number of aryl methyl sites for hydroxylation is 1. The van der Waals surface area contributed by atoms with Crippen molar-refractivity contribution in [1.82, 2.24) is 15.1 Å². The first-order valence-corrected chi connectivity index (χ1v) is 7.61. The highest BCUT2D eigenvalue weighted by Crippen LogP contribution is 2.20. The van der Waals surface area contributed by atoms with Crippen LogP contribution in [0.5, 0.6) is 0 Å². The molecule has 0 spiro atoms. The van der Waals surface area contributed by atoms with Crippen LogP contribution in [0.15, 0.2) is 28.9 Å². The number of nitrogens with zero attached hydrogens (tertiary/aromatic N) is 2. The van der Waals surface area contributed by atoms with Crippen LogP contribution in [0.25, 0.3) is 0 Å². The lowest BCUT2D eigenvalue weighted by Gasteiger charge is -2.04. The minimum Gasteiger partial charge on any atom is -0.310 e. The molecule has 2 aromatic rings. The Morgan fingerprint density at radius 2 is 2.20 bits per heavy atom. The van der Waals surface area contributed by atoms with Crippen molar-refractivity contribution in [2.45, 2.75) is 38.9 Å². The summed E-state index contributed by atoms with van der Waals surface area (Å²) in [5.41, 5.74) is 2.85. The molecule has 20 heavy (non-hydrogen) atoms. The minimum absolute atomic E-state index is 0.204. The second kappa shape index (κ2) is 5.66. The Morgan fingerprint density at radius 1 is 1.40 bits per heavy atom. The third-order valence-electron chi connectivity index (χ3n) is 3.55. The van der Waals surface area contributed by atoms with E-state index in [1.807, 2.05) is 23.9 Å². The molecule has 0 saturated heterocycles. The summed E-state index contributed by atoms with van der Waals surface area (Å²) in [6.07, 6.45) is 4.56. The first-order chi connectivity index (χ1) is 9.61. The molecule has 1 aliphatic rings. The van der Waals surface area contributed by atoms with Crippen molar-refractivity contribution in [2.24, 2.45) is 0 Å². The van der Waals surface area contributed by atoms with Gasteiger partial charge in [-0.25, -0.2) is 4.39 Å². The van der Waals surface area contributed by atoms with Crippen molar-refractivity contribution in [3.05, 3.63) is 51.5 Å². The Balaban J connectivity index is 1.71. The van der Waals surface area contributed by atoms with Gasteiger partial charge in [0.15, 0.2) is 0 Å². The smallest absolute Gasteiger partial charge is 0.129 e. The molecule has 0 atom stereocenters. The number of hydrogen-bond donors (Lipinski definition) is 1. The second-order valence-corrected chi connectivity index (χ2v) is 6.24. The number of nitrogens with one attached hydrogen (secondary N) is 1. The van der Waals surface area contributed by atoms with E-state index in [1.54, 1.807) is 6.07 Å². The predicted molar refractivity (Wildman–Crippen MR) is 80.0 cm³/mol. The number of halogens is 2. The molecule has 0 radical (unpaired) electrons. The average molecular weight is 338 g/mol. The van der Waals surface area contributed by atoms with Gasteiger partial charge in [-0.3, -0.25) is 4.68 Å². The van der Waals surface area contributed by atoms with Gasteiger partial charge in [-0.05, 0) is 31.9 Å². The van der Waals surface area contributed by atoms with Gasteiger partial charge < -0.3 is 5.32 Å². The van der Waals surface area contributed by atoms with E-state index in [-0.39, 0.29) is 5.82 Å². The van der Waals surface area contributed by atoms with E-state index in [1.165, 1.54) is 24.5 Å². The summed E-state index contributed by atoms with van der Waals surface area (Å²) in [5, 5.41) is 7.94. The molecule has 1 heterocycles. The molecule has 1 aromatic heterocycles. The van der Waals surface area contributed by atoms with Crippen LogP contribution in [0.1, 0.15) is 29.7 Å². The van der Waals surface area contributed by atoms with Crippen LogP contribution in [0, 0.1) is 12.7 Å². The van der Waals surface area contributed by atoms with Gasteiger partial charge in [0, 0.05) is 34.4 Å². The summed E-state index contributed by atoms with van der Waals surface area (Å²) < 4.78 is 16.4. The fraction of sp³-hybridized carbons (Fsp3) is 0.400. The zero-order valence-electron chi connectivity index (χ0n) is 11.4. The van der Waals surface area contributed by atoms with Crippen LogP contribution in [0.4, 0.5) is 4.39 Å². The van der Waals surface area contributed by atoms with Crippen molar-refractivity contribution in [3.63, 3.8) is 0 Å². The lowest BCUT2D eigenvalue weighted by atomic mass is 10.2. The molecule has 1 fully saturated rings. The summed E-state index contributed by atoms with van der Waals surface area (Å²) in [6.45, 7) is 3.31. The zero-order valence-corrected chi connectivity index (χ0v) is 13.0. The molecular formula is C15H17BrFN3. The lowest BCUT2D eigenvalue weighted by Crippen LogP contribution is -2.15. The molecule has 5 heteroatoms. The van der Waals surface area contributed by atoms with Crippen LogP contribution < -0.4 is 5.32 Å². The van der Waals surface area contributed by atoms with Crippen molar-refractivity contribution < 1.29 is 4.39 Å². The molecule has 106 valence electrons. The van der Waals surface area contributed by atoms with Crippen LogP contribution in [0.2, 0.25) is 0 Å². The summed E-state index contributed by atoms with van der Waals surface area (Å²) >= 11 is 3.27. The summed E-state index contributed by atoms with van der Waals surface area (Å²) in [6, 6.07) is 5.81. The lowest BCUT2D eigenvalue weighted by molar-refractivity contribution is 0.583. The molecule has 0 amide bonds. The first kappa shape index (κ1) is 13.8. The van der Waals surface area contributed by atoms with Crippen molar-refractivity contribution in [2.75, 3.05) is 0 Å². The number of hydrogen-bond acceptors (Lipinski definition) is 2. The minimum atomic E-state index is -0.204. The van der Waals surface area contributed by atoms with Crippen LogP contribution in [-0.2, 0) is 13.1 Å². The average Bonchev–Trinajstić information content (AvgIpc) is 3.15. The standard InChI is InChI=1S/C15H17BrFN3/c1-10-12(7-18-14-4-5-14)9-20(19-10)8-11-2-3-13(16)6-15(11)17/h2-3,6,9,14,18H,4-5,7-8H2,1H3. The van der Waals surface area contributed by atoms with Gasteiger partial charge in [0.25, 0.3) is 0 Å². The summed E-state index contributed by atoms with van der Waals surface area (Å²) in [4.78, 5) is 0. The fourth-order valence-corrected chi connectivity index (χ4v) is 2.51. The fourth-order valence-electron chi connectivity index (χ4n) is 2.18. The predicted octanol–water partition coefficient (Wildman–Crippen LogP) is 3.39. The quantitative estimate of drug-likeness (QED) is 0.906. The molecule has 0 unspecified atom stereocenters. The van der Waals surface area contributed by atoms with E-state index in [4.69, 9.17) is 0 Å². The Hall–Kier alpha value is -1.20. The largest absolute Gasteiger partial charge is 0.310 e. The van der Waals surface area contributed by atoms with Crippen molar-refractivity contribution in [3.8, 4) is 0 Å². The monoisotopic (exact) mass is 337 g/mol. The summed E-state index contributed by atoms with van der Waals surface area (Å²) in [5.74, 6) is -0.204. The van der Waals surface area contributed by atoms with Gasteiger partial charge in [0.05, 0.1) is 12.2 Å². The van der Waals surface area contributed by atoms with Crippen LogP contribution in [-0.4, -0.2) is 15.8 Å². The van der Waals surface area contributed by atoms with Gasteiger partial charge in [0.1, 0.15) is 5.82 Å². The maximum Gasteiger partial charge on any atom is 0.129 e. The van der Waals surface area contributed by atoms with Gasteiger partial charge >= 0.3 is 0 Å². The van der Waals surface area contributed by atoms with Gasteiger partial charge in [0.2, 0.25) is 0 Å². The highest BCUT2D eigenvalue weighted by Gasteiger charge is 2.20. The van der Waals surface area contributed by atoms with Crippen LogP contribution in [0.3, 0.4) is 0 Å². The third kappa shape index (κ3) is 3.27. The van der Waals surface area contributed by atoms with Crippen molar-refractivity contribution in [1.29, 1.82) is 0 Å². The van der Waals surface area contributed by atoms with Crippen LogP contribution >= 0.6 is 15.9 Å².